The summed E-state index contributed by atoms with van der Waals surface area (Å²) < 4.78 is 53.2. The van der Waals surface area contributed by atoms with E-state index in [9.17, 15) is 21.6 Å². The van der Waals surface area contributed by atoms with Crippen LogP contribution in [0.3, 0.4) is 0 Å². The first-order chi connectivity index (χ1) is 14.2. The van der Waals surface area contributed by atoms with E-state index in [0.717, 1.165) is 9.99 Å². The van der Waals surface area contributed by atoms with Gasteiger partial charge < -0.3 is 4.90 Å². The third kappa shape index (κ3) is 3.70. The lowest BCUT2D eigenvalue weighted by Crippen LogP contribution is -2.48. The lowest BCUT2D eigenvalue weighted by atomic mass is 10.2. The highest BCUT2D eigenvalue weighted by atomic mass is 32.2. The van der Waals surface area contributed by atoms with Crippen LogP contribution < -0.4 is 9.21 Å². The second kappa shape index (κ2) is 7.68. The second-order valence-electron chi connectivity index (χ2n) is 7.40. The highest BCUT2D eigenvalue weighted by molar-refractivity contribution is 7.94. The molecule has 0 N–H and O–H groups in total. The highest BCUT2D eigenvalue weighted by Gasteiger charge is 2.37. The standard InChI is InChI=1S/C20H23N3O5S2/c1-16-7-8-18(23-20(24)9-14-29(23,25)26)15-19(16)30(27,28)22-12-10-21(11-13-22)17-5-3-2-4-6-17/h2-8,15H,9-14H2,1H3. The van der Waals surface area contributed by atoms with Crippen molar-refractivity contribution in [2.45, 2.75) is 18.2 Å². The van der Waals surface area contributed by atoms with Gasteiger partial charge in [0.05, 0.1) is 16.3 Å². The van der Waals surface area contributed by atoms with E-state index in [1.807, 2.05) is 30.3 Å². The zero-order valence-electron chi connectivity index (χ0n) is 16.6. The Labute approximate surface area is 176 Å². The Kier molecular flexibility index (Phi) is 5.33. The van der Waals surface area contributed by atoms with E-state index < -0.39 is 26.0 Å². The fourth-order valence-electron chi connectivity index (χ4n) is 3.83. The van der Waals surface area contributed by atoms with Gasteiger partial charge in [-0.05, 0) is 36.8 Å². The van der Waals surface area contributed by atoms with E-state index in [1.165, 1.54) is 16.4 Å². The lowest BCUT2D eigenvalue weighted by molar-refractivity contribution is -0.116. The summed E-state index contributed by atoms with van der Waals surface area (Å²) in [7, 11) is -7.59. The molecule has 8 nitrogen and oxygen atoms in total. The topological polar surface area (TPSA) is 95.1 Å². The van der Waals surface area contributed by atoms with Gasteiger partial charge in [0.1, 0.15) is 0 Å². The molecular weight excluding hydrogens is 426 g/mol. The number of carbonyl (C=O) groups is 1. The van der Waals surface area contributed by atoms with E-state index in [2.05, 4.69) is 4.90 Å². The van der Waals surface area contributed by atoms with Crippen LogP contribution in [0.5, 0.6) is 0 Å². The van der Waals surface area contributed by atoms with Crippen LogP contribution in [0.25, 0.3) is 0 Å². The van der Waals surface area contributed by atoms with Crippen LogP contribution in [0.15, 0.2) is 53.4 Å². The van der Waals surface area contributed by atoms with Gasteiger partial charge in [-0.1, -0.05) is 24.3 Å². The van der Waals surface area contributed by atoms with Gasteiger partial charge in [0.15, 0.2) is 0 Å². The zero-order chi connectivity index (χ0) is 21.5. The minimum absolute atomic E-state index is 0.0306. The molecule has 4 rings (SSSR count). The molecule has 2 fully saturated rings. The first-order valence-corrected chi connectivity index (χ1v) is 12.7. The largest absolute Gasteiger partial charge is 0.369 e. The maximum atomic E-state index is 13.3. The fourth-order valence-corrected chi connectivity index (χ4v) is 6.94. The maximum absolute atomic E-state index is 13.3. The van der Waals surface area contributed by atoms with Crippen molar-refractivity contribution in [1.29, 1.82) is 0 Å². The van der Waals surface area contributed by atoms with Crippen molar-refractivity contribution < 1.29 is 21.6 Å². The molecule has 10 heteroatoms. The smallest absolute Gasteiger partial charge is 0.243 e. The number of rotatable bonds is 4. The number of amides is 1. The summed E-state index contributed by atoms with van der Waals surface area (Å²) in [5.74, 6) is -0.804. The number of anilines is 2. The van der Waals surface area contributed by atoms with Crippen molar-refractivity contribution in [3.8, 4) is 0 Å². The van der Waals surface area contributed by atoms with Crippen molar-refractivity contribution in [3.05, 3.63) is 54.1 Å². The van der Waals surface area contributed by atoms with Gasteiger partial charge in [0, 0.05) is 38.3 Å². The summed E-state index contributed by atoms with van der Waals surface area (Å²) in [5, 5.41) is 0. The van der Waals surface area contributed by atoms with Gasteiger partial charge in [0.2, 0.25) is 26.0 Å². The molecule has 160 valence electrons. The van der Waals surface area contributed by atoms with Gasteiger partial charge in [-0.3, -0.25) is 4.79 Å². The molecule has 0 bridgehead atoms. The molecule has 2 aliphatic rings. The van der Waals surface area contributed by atoms with Crippen molar-refractivity contribution in [3.63, 3.8) is 0 Å². The summed E-state index contributed by atoms with van der Waals surface area (Å²) in [6.45, 7) is 3.42. The Morgan fingerprint density at radius 1 is 0.900 bits per heavy atom. The van der Waals surface area contributed by atoms with Crippen LogP contribution in [-0.2, 0) is 24.8 Å². The number of benzene rings is 2. The third-order valence-electron chi connectivity index (χ3n) is 5.46. The number of hydrogen-bond acceptors (Lipinski definition) is 6. The number of piperazine rings is 1. The summed E-state index contributed by atoms with van der Waals surface area (Å²) in [4.78, 5) is 14.3. The van der Waals surface area contributed by atoms with Gasteiger partial charge >= 0.3 is 0 Å². The Hall–Kier alpha value is -2.43. The predicted octanol–water partition coefficient (Wildman–Crippen LogP) is 1.57. The monoisotopic (exact) mass is 449 g/mol. The molecule has 30 heavy (non-hydrogen) atoms. The molecule has 0 spiro atoms. The highest BCUT2D eigenvalue weighted by Crippen LogP contribution is 2.31. The third-order valence-corrected chi connectivity index (χ3v) is 9.19. The number of carbonyl (C=O) groups excluding carboxylic acids is 1. The second-order valence-corrected chi connectivity index (χ2v) is 11.2. The number of hydrogen-bond donors (Lipinski definition) is 0. The quantitative estimate of drug-likeness (QED) is 0.703. The molecule has 2 heterocycles. The van der Waals surface area contributed by atoms with Gasteiger partial charge in [-0.2, -0.15) is 4.31 Å². The SMILES string of the molecule is Cc1ccc(N2C(=O)CCS2(=O)=O)cc1S(=O)(=O)N1CCN(c2ccccc2)CC1. The summed E-state index contributed by atoms with van der Waals surface area (Å²) in [5.41, 5.74) is 1.63. The number of aryl methyl sites for hydroxylation is 1. The first-order valence-electron chi connectivity index (χ1n) is 9.67. The zero-order valence-corrected chi connectivity index (χ0v) is 18.2. The number of para-hydroxylation sites is 1. The van der Waals surface area contributed by atoms with Crippen LogP contribution in [0.1, 0.15) is 12.0 Å². The molecule has 0 saturated carbocycles. The van der Waals surface area contributed by atoms with Crippen LogP contribution in [0, 0.1) is 6.92 Å². The average Bonchev–Trinajstić information content (AvgIpc) is 3.01. The maximum Gasteiger partial charge on any atom is 0.243 e. The van der Waals surface area contributed by atoms with Crippen LogP contribution in [-0.4, -0.2) is 59.0 Å². The average molecular weight is 450 g/mol. The summed E-state index contributed by atoms with van der Waals surface area (Å²) >= 11 is 0. The molecule has 1 amide bonds. The molecule has 0 aromatic heterocycles. The molecule has 2 aliphatic heterocycles. The molecular formula is C20H23N3O5S2. The molecule has 0 atom stereocenters. The van der Waals surface area contributed by atoms with Gasteiger partial charge in [0.25, 0.3) is 0 Å². The minimum atomic E-state index is -3.83. The Bertz CT molecular complexity index is 1170. The summed E-state index contributed by atoms with van der Waals surface area (Å²) in [6.07, 6.45) is -0.0975. The Morgan fingerprint density at radius 3 is 2.17 bits per heavy atom. The molecule has 2 aromatic rings. The molecule has 0 aliphatic carbocycles. The van der Waals surface area contributed by atoms with E-state index in [4.69, 9.17) is 0 Å². The van der Waals surface area contributed by atoms with Crippen LogP contribution in [0.2, 0.25) is 0 Å². The Balaban J connectivity index is 1.60. The Morgan fingerprint density at radius 2 is 1.57 bits per heavy atom. The predicted molar refractivity (Wildman–Crippen MR) is 114 cm³/mol. The first kappa shape index (κ1) is 20.8. The molecule has 0 unspecified atom stereocenters. The van der Waals surface area contributed by atoms with Gasteiger partial charge in [-0.25, -0.2) is 21.1 Å². The number of sulfonamides is 2. The van der Waals surface area contributed by atoms with Crippen LogP contribution >= 0.6 is 0 Å². The minimum Gasteiger partial charge on any atom is -0.369 e. The molecule has 0 radical (unpaired) electrons. The van der Waals surface area contributed by atoms with Crippen molar-refractivity contribution in [2.75, 3.05) is 41.1 Å². The molecule has 2 aromatic carbocycles. The fraction of sp³-hybridized carbons (Fsp3) is 0.350. The van der Waals surface area contributed by atoms with Crippen molar-refractivity contribution >= 4 is 37.3 Å². The van der Waals surface area contributed by atoms with Crippen LogP contribution in [0.4, 0.5) is 11.4 Å². The van der Waals surface area contributed by atoms with E-state index in [0.29, 0.717) is 31.7 Å². The lowest BCUT2D eigenvalue weighted by Gasteiger charge is -2.35. The molecule has 2 saturated heterocycles. The normalized spacial score (nSPS) is 20.0. The number of nitrogens with zero attached hydrogens (tertiary/aromatic N) is 3. The van der Waals surface area contributed by atoms with E-state index in [1.54, 1.807) is 13.0 Å². The van der Waals surface area contributed by atoms with E-state index >= 15 is 0 Å². The van der Waals surface area contributed by atoms with Gasteiger partial charge in [-0.15, -0.1) is 0 Å². The van der Waals surface area contributed by atoms with Crippen molar-refractivity contribution in [2.24, 2.45) is 0 Å². The summed E-state index contributed by atoms with van der Waals surface area (Å²) in [6, 6.07) is 14.1. The van der Waals surface area contributed by atoms with Crippen molar-refractivity contribution in [1.82, 2.24) is 4.31 Å². The van der Waals surface area contributed by atoms with E-state index in [-0.39, 0.29) is 22.8 Å².